The monoisotopic (exact) mass is 275 g/mol. The fourth-order valence-electron chi connectivity index (χ4n) is 2.21. The lowest BCUT2D eigenvalue weighted by atomic mass is 10.1. The number of furan rings is 1. The third-order valence-corrected chi connectivity index (χ3v) is 3.48. The largest absolute Gasteiger partial charge is 0.459 e. The number of aryl methyl sites for hydroxylation is 1. The standard InChI is InChI=1S/C17H22FNO/c1-4-10-19-15(5-2)17-9-8-16(20-17)13-7-6-12(3)14(18)11-13/h6-9,11,15,19H,4-5,10H2,1-3H3. The van der Waals surface area contributed by atoms with Crippen molar-refractivity contribution in [2.75, 3.05) is 6.54 Å². The Kier molecular flexibility index (Phi) is 4.96. The van der Waals surface area contributed by atoms with Crippen LogP contribution in [-0.2, 0) is 0 Å². The van der Waals surface area contributed by atoms with Gasteiger partial charge in [0, 0.05) is 5.56 Å². The highest BCUT2D eigenvalue weighted by molar-refractivity contribution is 5.58. The van der Waals surface area contributed by atoms with Crippen LogP contribution in [-0.4, -0.2) is 6.54 Å². The van der Waals surface area contributed by atoms with Gasteiger partial charge in [-0.3, -0.25) is 0 Å². The summed E-state index contributed by atoms with van der Waals surface area (Å²) in [5.74, 6) is 1.43. The molecule has 0 saturated heterocycles. The second kappa shape index (κ2) is 6.71. The summed E-state index contributed by atoms with van der Waals surface area (Å²) in [6, 6.07) is 9.30. The first-order valence-electron chi connectivity index (χ1n) is 7.25. The van der Waals surface area contributed by atoms with Crippen molar-refractivity contribution in [3.05, 3.63) is 47.5 Å². The molecule has 2 rings (SSSR count). The number of halogens is 1. The van der Waals surface area contributed by atoms with Crippen LogP contribution in [0.1, 0.15) is 44.1 Å². The minimum atomic E-state index is -0.198. The van der Waals surface area contributed by atoms with Crippen molar-refractivity contribution >= 4 is 0 Å². The van der Waals surface area contributed by atoms with Crippen LogP contribution in [0.2, 0.25) is 0 Å². The van der Waals surface area contributed by atoms with E-state index in [9.17, 15) is 4.39 Å². The van der Waals surface area contributed by atoms with Crippen LogP contribution < -0.4 is 5.32 Å². The summed E-state index contributed by atoms with van der Waals surface area (Å²) in [5.41, 5.74) is 1.43. The molecular formula is C17H22FNO. The van der Waals surface area contributed by atoms with Crippen molar-refractivity contribution in [3.8, 4) is 11.3 Å². The van der Waals surface area contributed by atoms with E-state index in [1.807, 2.05) is 18.2 Å². The van der Waals surface area contributed by atoms with Crippen LogP contribution >= 0.6 is 0 Å². The molecule has 1 aromatic carbocycles. The minimum absolute atomic E-state index is 0.198. The van der Waals surface area contributed by atoms with Gasteiger partial charge in [-0.25, -0.2) is 4.39 Å². The maximum Gasteiger partial charge on any atom is 0.134 e. The van der Waals surface area contributed by atoms with E-state index in [-0.39, 0.29) is 11.9 Å². The smallest absolute Gasteiger partial charge is 0.134 e. The highest BCUT2D eigenvalue weighted by Crippen LogP contribution is 2.27. The summed E-state index contributed by atoms with van der Waals surface area (Å²) >= 11 is 0. The predicted molar refractivity (Wildman–Crippen MR) is 80.2 cm³/mol. The van der Waals surface area contributed by atoms with Gasteiger partial charge in [0.25, 0.3) is 0 Å². The lowest BCUT2D eigenvalue weighted by Gasteiger charge is -2.13. The van der Waals surface area contributed by atoms with Crippen LogP contribution in [0.3, 0.4) is 0 Å². The van der Waals surface area contributed by atoms with Crippen LogP contribution in [0.25, 0.3) is 11.3 Å². The van der Waals surface area contributed by atoms with Crippen molar-refractivity contribution in [1.29, 1.82) is 0 Å². The Labute approximate surface area is 120 Å². The summed E-state index contributed by atoms with van der Waals surface area (Å²) in [5, 5.41) is 3.45. The fourth-order valence-corrected chi connectivity index (χ4v) is 2.21. The molecule has 1 N–H and O–H groups in total. The number of nitrogens with one attached hydrogen (secondary N) is 1. The number of hydrogen-bond donors (Lipinski definition) is 1. The van der Waals surface area contributed by atoms with E-state index in [1.54, 1.807) is 13.0 Å². The summed E-state index contributed by atoms with van der Waals surface area (Å²) < 4.78 is 19.5. The average Bonchev–Trinajstić information content (AvgIpc) is 2.92. The van der Waals surface area contributed by atoms with Crippen molar-refractivity contribution in [2.24, 2.45) is 0 Å². The SMILES string of the molecule is CCCNC(CC)c1ccc(-c2ccc(C)c(F)c2)o1. The van der Waals surface area contributed by atoms with Gasteiger partial charge in [-0.15, -0.1) is 0 Å². The van der Waals surface area contributed by atoms with Crippen molar-refractivity contribution in [2.45, 2.75) is 39.7 Å². The highest BCUT2D eigenvalue weighted by Gasteiger charge is 2.14. The molecule has 0 fully saturated rings. The zero-order valence-corrected chi connectivity index (χ0v) is 12.4. The van der Waals surface area contributed by atoms with Gasteiger partial charge in [0.1, 0.15) is 17.3 Å². The Hall–Kier alpha value is -1.61. The molecule has 0 spiro atoms. The number of rotatable bonds is 6. The average molecular weight is 275 g/mol. The van der Waals surface area contributed by atoms with Gasteiger partial charge < -0.3 is 9.73 Å². The minimum Gasteiger partial charge on any atom is -0.459 e. The van der Waals surface area contributed by atoms with Gasteiger partial charge in [-0.05, 0) is 50.1 Å². The van der Waals surface area contributed by atoms with E-state index in [0.717, 1.165) is 36.5 Å². The maximum atomic E-state index is 13.6. The third-order valence-electron chi connectivity index (χ3n) is 3.48. The Morgan fingerprint density at radius 2 is 2.00 bits per heavy atom. The molecule has 0 aliphatic rings. The van der Waals surface area contributed by atoms with Crippen molar-refractivity contribution < 1.29 is 8.81 Å². The van der Waals surface area contributed by atoms with E-state index in [4.69, 9.17) is 4.42 Å². The zero-order valence-electron chi connectivity index (χ0n) is 12.4. The van der Waals surface area contributed by atoms with Crippen molar-refractivity contribution in [3.63, 3.8) is 0 Å². The topological polar surface area (TPSA) is 25.2 Å². The Morgan fingerprint density at radius 1 is 1.20 bits per heavy atom. The molecule has 3 heteroatoms. The second-order valence-electron chi connectivity index (χ2n) is 5.08. The Balaban J connectivity index is 2.20. The third kappa shape index (κ3) is 3.28. The zero-order chi connectivity index (χ0) is 14.5. The number of benzene rings is 1. The Bertz CT molecular complexity index is 562. The molecular weight excluding hydrogens is 253 g/mol. The Morgan fingerprint density at radius 3 is 2.65 bits per heavy atom. The van der Waals surface area contributed by atoms with Crippen LogP contribution in [0.5, 0.6) is 0 Å². The van der Waals surface area contributed by atoms with E-state index < -0.39 is 0 Å². The van der Waals surface area contributed by atoms with E-state index in [0.29, 0.717) is 5.56 Å². The predicted octanol–water partition coefficient (Wildman–Crippen LogP) is 4.84. The van der Waals surface area contributed by atoms with Crippen LogP contribution in [0.15, 0.2) is 34.7 Å². The van der Waals surface area contributed by atoms with Gasteiger partial charge in [-0.1, -0.05) is 26.0 Å². The van der Waals surface area contributed by atoms with Crippen LogP contribution in [0.4, 0.5) is 4.39 Å². The maximum absolute atomic E-state index is 13.6. The van der Waals surface area contributed by atoms with Crippen molar-refractivity contribution in [1.82, 2.24) is 5.32 Å². The molecule has 108 valence electrons. The first kappa shape index (κ1) is 14.8. The second-order valence-corrected chi connectivity index (χ2v) is 5.08. The molecule has 1 unspecified atom stereocenters. The van der Waals surface area contributed by atoms with Gasteiger partial charge >= 0.3 is 0 Å². The highest BCUT2D eigenvalue weighted by atomic mass is 19.1. The molecule has 0 aliphatic carbocycles. The van der Waals surface area contributed by atoms with Gasteiger partial charge in [0.2, 0.25) is 0 Å². The van der Waals surface area contributed by atoms with Gasteiger partial charge in [-0.2, -0.15) is 0 Å². The first-order valence-corrected chi connectivity index (χ1v) is 7.25. The summed E-state index contributed by atoms with van der Waals surface area (Å²) in [7, 11) is 0. The van der Waals surface area contributed by atoms with Gasteiger partial charge in [0.15, 0.2) is 0 Å². The molecule has 20 heavy (non-hydrogen) atoms. The molecule has 0 saturated carbocycles. The lowest BCUT2D eigenvalue weighted by Crippen LogP contribution is -2.20. The molecule has 0 radical (unpaired) electrons. The molecule has 1 atom stereocenters. The molecule has 2 nitrogen and oxygen atoms in total. The lowest BCUT2D eigenvalue weighted by molar-refractivity contribution is 0.411. The summed E-state index contributed by atoms with van der Waals surface area (Å²) in [4.78, 5) is 0. The number of hydrogen-bond acceptors (Lipinski definition) is 2. The molecule has 1 aromatic heterocycles. The first-order chi connectivity index (χ1) is 9.65. The summed E-state index contributed by atoms with van der Waals surface area (Å²) in [6.45, 7) is 6.99. The molecule has 0 aliphatic heterocycles. The molecule has 0 bridgehead atoms. The molecule has 0 amide bonds. The van der Waals surface area contributed by atoms with E-state index in [2.05, 4.69) is 19.2 Å². The van der Waals surface area contributed by atoms with Crippen LogP contribution in [0, 0.1) is 12.7 Å². The quantitative estimate of drug-likeness (QED) is 0.815. The summed E-state index contributed by atoms with van der Waals surface area (Å²) in [6.07, 6.45) is 2.06. The fraction of sp³-hybridized carbons (Fsp3) is 0.412. The molecule has 1 heterocycles. The molecule has 2 aromatic rings. The van der Waals surface area contributed by atoms with E-state index in [1.165, 1.54) is 6.07 Å². The normalized spacial score (nSPS) is 12.6. The van der Waals surface area contributed by atoms with Gasteiger partial charge in [0.05, 0.1) is 6.04 Å². The van der Waals surface area contributed by atoms with E-state index >= 15 is 0 Å².